The standard InChI is InChI=1S/C12H10N2O3S/c1-6-10(11(13)15)18-12(14-6)7-2-3-8-9(4-7)17-5-16-8/h2-4H,5H2,1H3,(H2,13,15). The van der Waals surface area contributed by atoms with Crippen LogP contribution in [0.25, 0.3) is 10.6 Å². The molecular weight excluding hydrogens is 252 g/mol. The van der Waals surface area contributed by atoms with Gasteiger partial charge in [0.2, 0.25) is 6.79 Å². The molecular formula is C12H10N2O3S. The van der Waals surface area contributed by atoms with E-state index in [0.29, 0.717) is 16.3 Å². The Bertz CT molecular complexity index is 636. The number of thiazole rings is 1. The number of benzene rings is 1. The number of rotatable bonds is 2. The SMILES string of the molecule is Cc1nc(-c2ccc3c(c2)OCO3)sc1C(N)=O. The molecule has 5 nitrogen and oxygen atoms in total. The van der Waals surface area contributed by atoms with Gasteiger partial charge in [0.15, 0.2) is 11.5 Å². The van der Waals surface area contributed by atoms with Gasteiger partial charge >= 0.3 is 0 Å². The van der Waals surface area contributed by atoms with E-state index in [1.807, 2.05) is 18.2 Å². The first-order valence-electron chi connectivity index (χ1n) is 5.32. The molecule has 0 bridgehead atoms. The molecule has 1 aliphatic rings. The second kappa shape index (κ2) is 3.99. The van der Waals surface area contributed by atoms with Crippen molar-refractivity contribution >= 4 is 17.2 Å². The monoisotopic (exact) mass is 262 g/mol. The van der Waals surface area contributed by atoms with Crippen molar-refractivity contribution in [3.05, 3.63) is 28.8 Å². The normalized spacial score (nSPS) is 12.7. The van der Waals surface area contributed by atoms with Crippen LogP contribution in [-0.2, 0) is 0 Å². The summed E-state index contributed by atoms with van der Waals surface area (Å²) < 4.78 is 10.6. The van der Waals surface area contributed by atoms with Crippen molar-refractivity contribution in [2.24, 2.45) is 5.73 Å². The van der Waals surface area contributed by atoms with Gasteiger partial charge in [-0.05, 0) is 25.1 Å². The van der Waals surface area contributed by atoms with Gasteiger partial charge in [0, 0.05) is 5.56 Å². The number of carbonyl (C=O) groups is 1. The molecule has 0 saturated carbocycles. The summed E-state index contributed by atoms with van der Waals surface area (Å²) in [6, 6.07) is 5.57. The Kier molecular flexibility index (Phi) is 2.45. The quantitative estimate of drug-likeness (QED) is 0.897. The summed E-state index contributed by atoms with van der Waals surface area (Å²) in [7, 11) is 0. The van der Waals surface area contributed by atoms with Gasteiger partial charge in [-0.2, -0.15) is 0 Å². The molecule has 0 atom stereocenters. The van der Waals surface area contributed by atoms with Crippen LogP contribution in [-0.4, -0.2) is 17.7 Å². The van der Waals surface area contributed by atoms with E-state index in [0.717, 1.165) is 16.3 Å². The van der Waals surface area contributed by atoms with Crippen LogP contribution in [0.1, 0.15) is 15.4 Å². The van der Waals surface area contributed by atoms with Crippen molar-refractivity contribution in [2.75, 3.05) is 6.79 Å². The van der Waals surface area contributed by atoms with E-state index < -0.39 is 5.91 Å². The Balaban J connectivity index is 2.05. The third kappa shape index (κ3) is 1.70. The lowest BCUT2D eigenvalue weighted by molar-refractivity contribution is 0.100. The molecule has 0 fully saturated rings. The van der Waals surface area contributed by atoms with Crippen molar-refractivity contribution < 1.29 is 14.3 Å². The Labute approximate surface area is 107 Å². The minimum atomic E-state index is -0.447. The molecule has 18 heavy (non-hydrogen) atoms. The first-order valence-corrected chi connectivity index (χ1v) is 6.14. The first-order chi connectivity index (χ1) is 8.65. The van der Waals surface area contributed by atoms with Crippen molar-refractivity contribution in [1.29, 1.82) is 0 Å². The highest BCUT2D eigenvalue weighted by Gasteiger charge is 2.17. The molecule has 0 radical (unpaired) electrons. The molecule has 2 aromatic rings. The lowest BCUT2D eigenvalue weighted by atomic mass is 10.2. The molecule has 1 amide bonds. The summed E-state index contributed by atoms with van der Waals surface area (Å²) in [5, 5.41) is 0.750. The molecule has 3 rings (SSSR count). The second-order valence-corrected chi connectivity index (χ2v) is 4.86. The van der Waals surface area contributed by atoms with Crippen LogP contribution in [0.2, 0.25) is 0 Å². The van der Waals surface area contributed by atoms with E-state index in [2.05, 4.69) is 4.98 Å². The van der Waals surface area contributed by atoms with E-state index in [4.69, 9.17) is 15.2 Å². The zero-order chi connectivity index (χ0) is 12.7. The number of carbonyl (C=O) groups excluding carboxylic acids is 1. The summed E-state index contributed by atoms with van der Waals surface area (Å²) in [6.07, 6.45) is 0. The molecule has 0 unspecified atom stereocenters. The van der Waals surface area contributed by atoms with Gasteiger partial charge in [-0.3, -0.25) is 4.79 Å². The number of amides is 1. The molecule has 2 heterocycles. The number of hydrogen-bond donors (Lipinski definition) is 1. The molecule has 6 heteroatoms. The smallest absolute Gasteiger partial charge is 0.260 e. The minimum Gasteiger partial charge on any atom is -0.454 e. The lowest BCUT2D eigenvalue weighted by Crippen LogP contribution is -2.09. The van der Waals surface area contributed by atoms with Crippen molar-refractivity contribution in [1.82, 2.24) is 4.98 Å². The number of ether oxygens (including phenoxy) is 2. The van der Waals surface area contributed by atoms with E-state index in [1.54, 1.807) is 6.92 Å². The molecule has 0 aliphatic carbocycles. The van der Waals surface area contributed by atoms with Crippen LogP contribution >= 0.6 is 11.3 Å². The van der Waals surface area contributed by atoms with E-state index in [-0.39, 0.29) is 6.79 Å². The highest BCUT2D eigenvalue weighted by molar-refractivity contribution is 7.17. The molecule has 92 valence electrons. The fourth-order valence-electron chi connectivity index (χ4n) is 1.78. The highest BCUT2D eigenvalue weighted by Crippen LogP contribution is 2.37. The van der Waals surface area contributed by atoms with Gasteiger partial charge in [0.1, 0.15) is 9.88 Å². The molecule has 0 saturated heterocycles. The largest absolute Gasteiger partial charge is 0.454 e. The maximum atomic E-state index is 11.2. The van der Waals surface area contributed by atoms with Crippen LogP contribution in [0.15, 0.2) is 18.2 Å². The lowest BCUT2D eigenvalue weighted by Gasteiger charge is -1.98. The van der Waals surface area contributed by atoms with E-state index in [1.165, 1.54) is 11.3 Å². The molecule has 1 aromatic carbocycles. The molecule has 2 N–H and O–H groups in total. The maximum absolute atomic E-state index is 11.2. The summed E-state index contributed by atoms with van der Waals surface area (Å²) in [6.45, 7) is 2.01. The summed E-state index contributed by atoms with van der Waals surface area (Å²) >= 11 is 1.28. The van der Waals surface area contributed by atoms with Crippen molar-refractivity contribution in [2.45, 2.75) is 6.92 Å². The second-order valence-electron chi connectivity index (χ2n) is 3.87. The number of nitrogens with zero attached hydrogens (tertiary/aromatic N) is 1. The number of hydrogen-bond acceptors (Lipinski definition) is 5. The third-order valence-electron chi connectivity index (χ3n) is 2.64. The van der Waals surface area contributed by atoms with Gasteiger partial charge in [-0.25, -0.2) is 4.98 Å². The van der Waals surface area contributed by atoms with Crippen LogP contribution in [0.3, 0.4) is 0 Å². The van der Waals surface area contributed by atoms with E-state index in [9.17, 15) is 4.79 Å². The van der Waals surface area contributed by atoms with Crippen LogP contribution < -0.4 is 15.2 Å². The number of aryl methyl sites for hydroxylation is 1. The van der Waals surface area contributed by atoms with Gasteiger partial charge in [-0.15, -0.1) is 11.3 Å². The molecule has 1 aromatic heterocycles. The predicted molar refractivity (Wildman–Crippen MR) is 66.9 cm³/mol. The summed E-state index contributed by atoms with van der Waals surface area (Å²) in [4.78, 5) is 16.0. The average Bonchev–Trinajstić information content (AvgIpc) is 2.93. The van der Waals surface area contributed by atoms with Gasteiger partial charge in [0.25, 0.3) is 5.91 Å². The Morgan fingerprint density at radius 2 is 2.17 bits per heavy atom. The maximum Gasteiger partial charge on any atom is 0.260 e. The third-order valence-corrected chi connectivity index (χ3v) is 3.86. The topological polar surface area (TPSA) is 74.4 Å². The van der Waals surface area contributed by atoms with Crippen molar-refractivity contribution in [3.63, 3.8) is 0 Å². The van der Waals surface area contributed by atoms with Crippen molar-refractivity contribution in [3.8, 4) is 22.1 Å². The number of fused-ring (bicyclic) bond motifs is 1. The Hall–Kier alpha value is -2.08. The highest BCUT2D eigenvalue weighted by atomic mass is 32.1. The van der Waals surface area contributed by atoms with Crippen LogP contribution in [0.5, 0.6) is 11.5 Å². The molecule has 1 aliphatic heterocycles. The average molecular weight is 262 g/mol. The summed E-state index contributed by atoms with van der Waals surface area (Å²) in [5.74, 6) is 0.972. The Morgan fingerprint density at radius 1 is 1.39 bits per heavy atom. The first kappa shape index (κ1) is 11.0. The van der Waals surface area contributed by atoms with E-state index >= 15 is 0 Å². The number of nitrogens with two attached hydrogens (primary N) is 1. The molecule has 0 spiro atoms. The minimum absolute atomic E-state index is 0.238. The fourth-order valence-corrected chi connectivity index (χ4v) is 2.69. The number of aromatic nitrogens is 1. The predicted octanol–water partition coefficient (Wildman–Crippen LogP) is 1.95. The fraction of sp³-hybridized carbons (Fsp3) is 0.167. The zero-order valence-corrected chi connectivity index (χ0v) is 10.4. The van der Waals surface area contributed by atoms with Gasteiger partial charge in [0.05, 0.1) is 5.69 Å². The Morgan fingerprint density at radius 3 is 2.89 bits per heavy atom. The number of primary amides is 1. The zero-order valence-electron chi connectivity index (χ0n) is 9.60. The van der Waals surface area contributed by atoms with Gasteiger partial charge < -0.3 is 15.2 Å². The summed E-state index contributed by atoms with van der Waals surface area (Å²) in [5.41, 5.74) is 6.82. The van der Waals surface area contributed by atoms with Crippen LogP contribution in [0.4, 0.5) is 0 Å². The van der Waals surface area contributed by atoms with Crippen LogP contribution in [0, 0.1) is 6.92 Å². The van der Waals surface area contributed by atoms with Gasteiger partial charge in [-0.1, -0.05) is 0 Å².